The highest BCUT2D eigenvalue weighted by atomic mass is 19.3. The molecule has 0 spiro atoms. The second kappa shape index (κ2) is 14.3. The Morgan fingerprint density at radius 3 is 2.61 bits per heavy atom. The summed E-state index contributed by atoms with van der Waals surface area (Å²) in [7, 11) is 1.53. The van der Waals surface area contributed by atoms with Crippen LogP contribution in [0.15, 0.2) is 112 Å². The van der Waals surface area contributed by atoms with Crippen LogP contribution in [-0.2, 0) is 5.92 Å². The number of halogens is 2. The van der Waals surface area contributed by atoms with E-state index in [4.69, 9.17) is 14.7 Å². The first-order valence-corrected chi connectivity index (χ1v) is 16.1. The Morgan fingerprint density at radius 2 is 1.89 bits per heavy atom. The van der Waals surface area contributed by atoms with E-state index in [-0.39, 0.29) is 29.6 Å². The first kappa shape index (κ1) is 32.8. The lowest BCUT2D eigenvalue weighted by Crippen LogP contribution is -2.13. The van der Waals surface area contributed by atoms with Crippen LogP contribution >= 0.6 is 0 Å². The zero-order valence-electron chi connectivity index (χ0n) is 27.1. The monoisotopic (exact) mass is 620 g/mol. The normalized spacial score (nSPS) is 15.9. The van der Waals surface area contributed by atoms with E-state index in [1.54, 1.807) is 24.3 Å². The van der Waals surface area contributed by atoms with Gasteiger partial charge in [-0.2, -0.15) is 0 Å². The summed E-state index contributed by atoms with van der Waals surface area (Å²) in [5.74, 6) is -1.96. The molecule has 46 heavy (non-hydrogen) atoms. The molecule has 0 saturated heterocycles. The minimum Gasteiger partial charge on any atom is -0.504 e. The van der Waals surface area contributed by atoms with E-state index >= 15 is 0 Å². The SMILES string of the molecule is C=C(CC(C)c1cccc(N=C(c2cccc(C(F)(F)CC)c2)C2CC2)c1)C1=NC(CCC)=C=CC(c2ccc(O)c(OC)c2)=C1. The second-order valence-electron chi connectivity index (χ2n) is 12.2. The third-order valence-corrected chi connectivity index (χ3v) is 8.53. The Kier molecular flexibility index (Phi) is 10.2. The molecule has 3 aromatic rings. The van der Waals surface area contributed by atoms with Crippen molar-refractivity contribution in [3.63, 3.8) is 0 Å². The van der Waals surface area contributed by atoms with Gasteiger partial charge >= 0.3 is 0 Å². The van der Waals surface area contributed by atoms with Crippen LogP contribution in [0.3, 0.4) is 0 Å². The fourth-order valence-corrected chi connectivity index (χ4v) is 5.62. The molecule has 3 aromatic carbocycles. The summed E-state index contributed by atoms with van der Waals surface area (Å²) in [6.07, 6.45) is 8.17. The van der Waals surface area contributed by atoms with Crippen LogP contribution in [0.2, 0.25) is 0 Å². The number of ether oxygens (including phenoxy) is 1. The third kappa shape index (κ3) is 7.81. The number of alkyl halides is 2. The van der Waals surface area contributed by atoms with Gasteiger partial charge in [-0.05, 0) is 108 Å². The number of benzene rings is 3. The van der Waals surface area contributed by atoms with Gasteiger partial charge in [0.1, 0.15) is 0 Å². The number of aliphatic imine (C=N–C) groups is 2. The lowest BCUT2D eigenvalue weighted by Gasteiger charge is -2.17. The zero-order valence-corrected chi connectivity index (χ0v) is 27.1. The minimum absolute atomic E-state index is 0.0389. The molecule has 2 aliphatic rings. The molecule has 1 aliphatic carbocycles. The van der Waals surface area contributed by atoms with Gasteiger partial charge in [0, 0.05) is 17.9 Å². The molecule has 238 valence electrons. The number of hydrogen-bond acceptors (Lipinski definition) is 4. The maximum absolute atomic E-state index is 14.5. The molecule has 1 unspecified atom stereocenters. The lowest BCUT2D eigenvalue weighted by molar-refractivity contribution is -0.00830. The van der Waals surface area contributed by atoms with Crippen LogP contribution in [0.5, 0.6) is 11.5 Å². The highest BCUT2D eigenvalue weighted by molar-refractivity contribution is 6.13. The van der Waals surface area contributed by atoms with Crippen molar-refractivity contribution in [3.05, 3.63) is 125 Å². The van der Waals surface area contributed by atoms with Crippen LogP contribution < -0.4 is 4.74 Å². The van der Waals surface area contributed by atoms with E-state index in [0.717, 1.165) is 76.3 Å². The average molecular weight is 621 g/mol. The number of phenolic OH excluding ortho intramolecular Hbond substituents is 1. The molecule has 4 nitrogen and oxygen atoms in total. The molecule has 1 saturated carbocycles. The van der Waals surface area contributed by atoms with Crippen molar-refractivity contribution in [2.45, 2.75) is 71.1 Å². The smallest absolute Gasteiger partial charge is 0.273 e. The van der Waals surface area contributed by atoms with E-state index in [9.17, 15) is 13.9 Å². The van der Waals surface area contributed by atoms with E-state index in [0.29, 0.717) is 12.2 Å². The van der Waals surface area contributed by atoms with Gasteiger partial charge in [0.15, 0.2) is 11.5 Å². The van der Waals surface area contributed by atoms with Crippen LogP contribution in [0.1, 0.15) is 87.5 Å². The predicted molar refractivity (Wildman–Crippen MR) is 185 cm³/mol. The third-order valence-electron chi connectivity index (χ3n) is 8.53. The summed E-state index contributed by atoms with van der Waals surface area (Å²) >= 11 is 0. The molecular formula is C40H42F2N2O2. The van der Waals surface area contributed by atoms with Crippen molar-refractivity contribution in [1.82, 2.24) is 0 Å². The largest absolute Gasteiger partial charge is 0.504 e. The number of aromatic hydroxyl groups is 1. The molecular weight excluding hydrogens is 578 g/mol. The van der Waals surface area contributed by atoms with Crippen molar-refractivity contribution < 1.29 is 18.6 Å². The van der Waals surface area contributed by atoms with Crippen molar-refractivity contribution in [1.29, 1.82) is 0 Å². The van der Waals surface area contributed by atoms with Gasteiger partial charge in [-0.1, -0.05) is 69.5 Å². The van der Waals surface area contributed by atoms with E-state index in [2.05, 4.69) is 38.3 Å². The quantitative estimate of drug-likeness (QED) is 0.153. The molecule has 1 N–H and O–H groups in total. The Hall–Kier alpha value is -4.54. The Morgan fingerprint density at radius 1 is 1.11 bits per heavy atom. The maximum Gasteiger partial charge on any atom is 0.273 e. The van der Waals surface area contributed by atoms with Gasteiger partial charge in [0.25, 0.3) is 5.92 Å². The highest BCUT2D eigenvalue weighted by Gasteiger charge is 2.32. The molecule has 1 heterocycles. The molecule has 6 heteroatoms. The summed E-state index contributed by atoms with van der Waals surface area (Å²) < 4.78 is 34.4. The average Bonchev–Trinajstić information content (AvgIpc) is 3.92. The Balaban J connectivity index is 1.40. The molecule has 0 aromatic heterocycles. The summed E-state index contributed by atoms with van der Waals surface area (Å²) in [5, 5.41) is 10.1. The fourth-order valence-electron chi connectivity index (χ4n) is 5.62. The van der Waals surface area contributed by atoms with Gasteiger partial charge < -0.3 is 9.84 Å². The van der Waals surface area contributed by atoms with Gasteiger partial charge in [-0.15, -0.1) is 0 Å². The van der Waals surface area contributed by atoms with E-state index < -0.39 is 5.92 Å². The van der Waals surface area contributed by atoms with Crippen molar-refractivity contribution in [2.75, 3.05) is 7.11 Å². The van der Waals surface area contributed by atoms with Crippen LogP contribution in [0.4, 0.5) is 14.5 Å². The molecule has 1 aliphatic heterocycles. The van der Waals surface area contributed by atoms with Crippen molar-refractivity contribution >= 4 is 22.7 Å². The van der Waals surface area contributed by atoms with Crippen LogP contribution in [0, 0.1) is 5.92 Å². The van der Waals surface area contributed by atoms with Gasteiger partial charge in [-0.25, -0.2) is 13.8 Å². The first-order chi connectivity index (χ1) is 22.1. The standard InChI is InChI=1S/C40H42F2N2O2/c1-6-10-34-19-17-30(31-18-20-37(45)38(25-31)46-5)24-36(43-34)27(4)21-26(3)29-11-9-14-35(23-29)44-39(28-15-16-28)32-12-8-13-33(22-32)40(41,42)7-2/h8-9,11-14,17-18,20,22-26,28,45H,4,6-7,10,15-16,21H2,1-3,5H3. The maximum atomic E-state index is 14.5. The van der Waals surface area contributed by atoms with Gasteiger partial charge in [0.2, 0.25) is 0 Å². The molecule has 0 bridgehead atoms. The highest BCUT2D eigenvalue weighted by Crippen LogP contribution is 2.38. The van der Waals surface area contributed by atoms with Gasteiger partial charge in [0.05, 0.1) is 29.9 Å². The number of nitrogens with zero attached hydrogens (tertiary/aromatic N) is 2. The second-order valence-corrected chi connectivity index (χ2v) is 12.2. The van der Waals surface area contributed by atoms with Crippen LogP contribution in [-0.4, -0.2) is 23.6 Å². The van der Waals surface area contributed by atoms with Gasteiger partial charge in [-0.3, -0.25) is 4.99 Å². The lowest BCUT2D eigenvalue weighted by atomic mass is 9.91. The van der Waals surface area contributed by atoms with Crippen molar-refractivity contribution in [2.24, 2.45) is 15.9 Å². The molecule has 1 fully saturated rings. The Bertz CT molecular complexity index is 1770. The number of methoxy groups -OCH3 is 1. The molecule has 0 radical (unpaired) electrons. The summed E-state index contributed by atoms with van der Waals surface area (Å²) in [5.41, 5.74) is 11.3. The zero-order chi connectivity index (χ0) is 32.8. The summed E-state index contributed by atoms with van der Waals surface area (Å²) in [6.45, 7) is 10.2. The van der Waals surface area contributed by atoms with E-state index in [1.165, 1.54) is 20.1 Å². The molecule has 0 amide bonds. The summed E-state index contributed by atoms with van der Waals surface area (Å²) in [4.78, 5) is 9.99. The number of allylic oxidation sites excluding steroid dienone is 4. The topological polar surface area (TPSA) is 54.2 Å². The first-order valence-electron chi connectivity index (χ1n) is 16.1. The molecule has 5 rings (SSSR count). The minimum atomic E-state index is -2.86. The van der Waals surface area contributed by atoms with E-state index in [1.807, 2.05) is 36.4 Å². The number of phenols is 1. The predicted octanol–water partition coefficient (Wildman–Crippen LogP) is 10.9. The number of rotatable bonds is 13. The van der Waals surface area contributed by atoms with Crippen molar-refractivity contribution in [3.8, 4) is 11.5 Å². The van der Waals surface area contributed by atoms with Crippen LogP contribution in [0.25, 0.3) is 5.57 Å². The number of hydrogen-bond donors (Lipinski definition) is 1. The Labute approximate surface area is 271 Å². The fraction of sp³-hybridized carbons (Fsp3) is 0.325. The molecule has 1 atom stereocenters. The summed E-state index contributed by atoms with van der Waals surface area (Å²) in [6, 6.07) is 20.2.